The molecule has 3 heteroatoms. The molecule has 0 fully saturated rings. The van der Waals surface area contributed by atoms with Gasteiger partial charge in [-0.2, -0.15) is 0 Å². The van der Waals surface area contributed by atoms with Crippen LogP contribution in [0.5, 0.6) is 0 Å². The van der Waals surface area contributed by atoms with Crippen LogP contribution in [0.25, 0.3) is 0 Å². The van der Waals surface area contributed by atoms with Crippen molar-refractivity contribution < 1.29 is 4.74 Å². The third-order valence-electron chi connectivity index (χ3n) is 1.70. The van der Waals surface area contributed by atoms with Gasteiger partial charge < -0.3 is 9.64 Å². The van der Waals surface area contributed by atoms with Crippen molar-refractivity contribution in [2.24, 2.45) is 0 Å². The number of nitrogens with zero attached hydrogens (tertiary/aromatic N) is 1. The molecule has 0 unspecified atom stereocenters. The van der Waals surface area contributed by atoms with Gasteiger partial charge in [0, 0.05) is 25.0 Å². The van der Waals surface area contributed by atoms with Crippen LogP contribution in [0.4, 0.5) is 0 Å². The van der Waals surface area contributed by atoms with E-state index in [0.29, 0.717) is 0 Å². The second kappa shape index (κ2) is 9.49. The summed E-state index contributed by atoms with van der Waals surface area (Å²) in [7, 11) is 0. The van der Waals surface area contributed by atoms with Crippen LogP contribution >= 0.6 is 15.9 Å². The van der Waals surface area contributed by atoms with Gasteiger partial charge in [-0.15, -0.1) is 0 Å². The minimum Gasteiger partial charge on any atom is -0.380 e. The van der Waals surface area contributed by atoms with Gasteiger partial charge in [0.15, 0.2) is 0 Å². The zero-order valence-corrected chi connectivity index (χ0v) is 9.77. The van der Waals surface area contributed by atoms with Crippen LogP contribution in [0.1, 0.15) is 20.3 Å². The summed E-state index contributed by atoms with van der Waals surface area (Å²) >= 11 is 3.45. The normalized spacial score (nSPS) is 11.0. The summed E-state index contributed by atoms with van der Waals surface area (Å²) in [6.07, 6.45) is 1.22. The van der Waals surface area contributed by atoms with E-state index in [2.05, 4.69) is 27.8 Å². The first kappa shape index (κ1) is 12.4. The van der Waals surface area contributed by atoms with Crippen molar-refractivity contribution >= 4 is 15.9 Å². The Hall–Kier alpha value is 0.400. The monoisotopic (exact) mass is 237 g/mol. The molecule has 74 valence electrons. The van der Waals surface area contributed by atoms with E-state index in [0.717, 1.165) is 31.6 Å². The highest BCUT2D eigenvalue weighted by atomic mass is 79.9. The quantitative estimate of drug-likeness (QED) is 0.474. The Morgan fingerprint density at radius 3 is 2.42 bits per heavy atom. The maximum atomic E-state index is 5.30. The lowest BCUT2D eigenvalue weighted by Crippen LogP contribution is -2.30. The van der Waals surface area contributed by atoms with E-state index >= 15 is 0 Å². The lowest BCUT2D eigenvalue weighted by Gasteiger charge is -2.19. The molecular weight excluding hydrogens is 218 g/mol. The highest BCUT2D eigenvalue weighted by Gasteiger charge is 2.01. The number of rotatable bonds is 8. The fraction of sp³-hybridized carbons (Fsp3) is 1.00. The van der Waals surface area contributed by atoms with E-state index in [1.54, 1.807) is 0 Å². The van der Waals surface area contributed by atoms with E-state index in [1.165, 1.54) is 13.0 Å². The molecule has 0 aromatic rings. The smallest absolute Gasteiger partial charge is 0.0593 e. The summed E-state index contributed by atoms with van der Waals surface area (Å²) in [4.78, 5) is 2.42. The van der Waals surface area contributed by atoms with Gasteiger partial charge in [-0.1, -0.05) is 22.9 Å². The predicted octanol–water partition coefficient (Wildman–Crippen LogP) is 2.13. The lowest BCUT2D eigenvalue weighted by molar-refractivity contribution is 0.116. The average molecular weight is 238 g/mol. The van der Waals surface area contributed by atoms with Crippen molar-refractivity contribution in [3.05, 3.63) is 0 Å². The molecule has 0 aliphatic heterocycles. The first-order chi connectivity index (χ1) is 5.85. The molecule has 0 aromatic heterocycles. The van der Waals surface area contributed by atoms with Crippen molar-refractivity contribution in [1.82, 2.24) is 4.90 Å². The number of hydrogen-bond acceptors (Lipinski definition) is 2. The van der Waals surface area contributed by atoms with E-state index in [1.807, 2.05) is 6.92 Å². The zero-order valence-electron chi connectivity index (χ0n) is 8.18. The third-order valence-corrected chi connectivity index (χ3v) is 2.05. The molecule has 0 rings (SSSR count). The topological polar surface area (TPSA) is 12.5 Å². The van der Waals surface area contributed by atoms with Crippen LogP contribution in [0, 0.1) is 0 Å². The summed E-state index contributed by atoms with van der Waals surface area (Å²) in [6.45, 7) is 9.31. The SMILES string of the molecule is CCCN(CCBr)CCOCC. The van der Waals surface area contributed by atoms with E-state index < -0.39 is 0 Å². The summed E-state index contributed by atoms with van der Waals surface area (Å²) in [5.41, 5.74) is 0. The second-order valence-electron chi connectivity index (χ2n) is 2.73. The van der Waals surface area contributed by atoms with Gasteiger partial charge in [0.05, 0.1) is 6.61 Å². The number of hydrogen-bond donors (Lipinski definition) is 0. The van der Waals surface area contributed by atoms with Crippen molar-refractivity contribution in [2.45, 2.75) is 20.3 Å². The Morgan fingerprint density at radius 1 is 1.17 bits per heavy atom. The van der Waals surface area contributed by atoms with Crippen LogP contribution in [0.15, 0.2) is 0 Å². The Morgan fingerprint density at radius 2 is 1.92 bits per heavy atom. The highest BCUT2D eigenvalue weighted by Crippen LogP contribution is 1.93. The van der Waals surface area contributed by atoms with Gasteiger partial charge in [-0.05, 0) is 19.9 Å². The maximum Gasteiger partial charge on any atom is 0.0593 e. The molecule has 0 aliphatic rings. The number of ether oxygens (including phenoxy) is 1. The number of alkyl halides is 1. The fourth-order valence-corrected chi connectivity index (χ4v) is 1.61. The minimum atomic E-state index is 0.828. The Balaban J connectivity index is 3.34. The molecule has 0 amide bonds. The molecule has 0 bridgehead atoms. The molecule has 0 aliphatic carbocycles. The predicted molar refractivity (Wildman–Crippen MR) is 57.0 cm³/mol. The van der Waals surface area contributed by atoms with Gasteiger partial charge in [0.2, 0.25) is 0 Å². The van der Waals surface area contributed by atoms with Crippen LogP contribution in [-0.2, 0) is 4.74 Å². The third kappa shape index (κ3) is 7.07. The summed E-state index contributed by atoms with van der Waals surface area (Å²) < 4.78 is 5.30. The second-order valence-corrected chi connectivity index (χ2v) is 3.52. The van der Waals surface area contributed by atoms with Crippen LogP contribution in [-0.4, -0.2) is 43.1 Å². The van der Waals surface area contributed by atoms with Gasteiger partial charge in [-0.25, -0.2) is 0 Å². The van der Waals surface area contributed by atoms with Crippen LogP contribution in [0.2, 0.25) is 0 Å². The lowest BCUT2D eigenvalue weighted by atomic mass is 10.4. The molecule has 0 saturated heterocycles. The number of halogens is 1. The molecule has 0 saturated carbocycles. The van der Waals surface area contributed by atoms with Gasteiger partial charge in [0.25, 0.3) is 0 Å². The molecule has 0 heterocycles. The van der Waals surface area contributed by atoms with Gasteiger partial charge in [0.1, 0.15) is 0 Å². The molecule has 12 heavy (non-hydrogen) atoms. The fourth-order valence-electron chi connectivity index (χ4n) is 1.11. The van der Waals surface area contributed by atoms with Crippen molar-refractivity contribution in [3.8, 4) is 0 Å². The summed E-state index contributed by atoms with van der Waals surface area (Å²) in [5.74, 6) is 0. The Labute approximate surface area is 84.4 Å². The van der Waals surface area contributed by atoms with Crippen molar-refractivity contribution in [2.75, 3.05) is 38.2 Å². The van der Waals surface area contributed by atoms with Crippen molar-refractivity contribution in [1.29, 1.82) is 0 Å². The summed E-state index contributed by atoms with van der Waals surface area (Å²) in [5, 5.41) is 1.05. The van der Waals surface area contributed by atoms with Gasteiger partial charge >= 0.3 is 0 Å². The Kier molecular flexibility index (Phi) is 9.80. The molecule has 2 nitrogen and oxygen atoms in total. The van der Waals surface area contributed by atoms with Gasteiger partial charge in [-0.3, -0.25) is 0 Å². The highest BCUT2D eigenvalue weighted by molar-refractivity contribution is 9.09. The van der Waals surface area contributed by atoms with Crippen molar-refractivity contribution in [3.63, 3.8) is 0 Å². The molecule has 0 atom stereocenters. The molecule has 0 N–H and O–H groups in total. The zero-order chi connectivity index (χ0) is 9.23. The molecule has 0 aromatic carbocycles. The van der Waals surface area contributed by atoms with E-state index in [9.17, 15) is 0 Å². The van der Waals surface area contributed by atoms with E-state index in [4.69, 9.17) is 4.74 Å². The van der Waals surface area contributed by atoms with Crippen LogP contribution in [0.3, 0.4) is 0 Å². The molecule has 0 spiro atoms. The average Bonchev–Trinajstić information content (AvgIpc) is 2.06. The maximum absolute atomic E-state index is 5.30. The standard InChI is InChI=1S/C9H20BrNO/c1-3-6-11(7-5-10)8-9-12-4-2/h3-9H2,1-2H3. The minimum absolute atomic E-state index is 0.828. The molecular formula is C9H20BrNO. The molecule has 0 radical (unpaired) electrons. The first-order valence-electron chi connectivity index (χ1n) is 4.71. The largest absolute Gasteiger partial charge is 0.380 e. The van der Waals surface area contributed by atoms with Crippen LogP contribution < -0.4 is 0 Å². The van der Waals surface area contributed by atoms with E-state index in [-0.39, 0.29) is 0 Å². The Bertz CT molecular complexity index is 84.6. The summed E-state index contributed by atoms with van der Waals surface area (Å²) in [6, 6.07) is 0. The first-order valence-corrected chi connectivity index (χ1v) is 5.83.